The summed E-state index contributed by atoms with van der Waals surface area (Å²) in [5, 5.41) is 0.355. The molecule has 0 radical (unpaired) electrons. The van der Waals surface area contributed by atoms with Gasteiger partial charge in [0.1, 0.15) is 5.52 Å². The van der Waals surface area contributed by atoms with E-state index < -0.39 is 11.9 Å². The van der Waals surface area contributed by atoms with Gasteiger partial charge in [-0.15, -0.1) is 0 Å². The summed E-state index contributed by atoms with van der Waals surface area (Å²) >= 11 is 8.71. The third-order valence-electron chi connectivity index (χ3n) is 1.96. The molecule has 0 atom stereocenters. The molecule has 3 nitrogen and oxygen atoms in total. The zero-order valence-electron chi connectivity index (χ0n) is 7.89. The Morgan fingerprint density at radius 1 is 1.38 bits per heavy atom. The van der Waals surface area contributed by atoms with Crippen LogP contribution in [0.4, 0.5) is 8.78 Å². The molecule has 2 aromatic rings. The largest absolute Gasteiger partial charge is 0.480 e. The molecule has 0 N–H and O–H groups in total. The van der Waals surface area contributed by atoms with Gasteiger partial charge in [-0.3, -0.25) is 0 Å². The Labute approximate surface area is 103 Å². The van der Waals surface area contributed by atoms with Gasteiger partial charge < -0.3 is 4.74 Å². The number of hydrogen-bond acceptors (Lipinski definition) is 3. The molecule has 7 heteroatoms. The average molecular weight is 309 g/mol. The number of halogens is 4. The summed E-state index contributed by atoms with van der Waals surface area (Å²) in [4.78, 5) is 6.76. The highest BCUT2D eigenvalue weighted by Gasteiger charge is 2.16. The molecule has 0 fully saturated rings. The van der Waals surface area contributed by atoms with Crippen LogP contribution in [0.1, 0.15) is 0 Å². The molecule has 1 aromatic heterocycles. The van der Waals surface area contributed by atoms with Gasteiger partial charge in [0.25, 0.3) is 0 Å². The fourth-order valence-electron chi connectivity index (χ4n) is 1.27. The molecule has 0 unspecified atom stereocenters. The van der Waals surface area contributed by atoms with Crippen molar-refractivity contribution in [3.63, 3.8) is 0 Å². The van der Waals surface area contributed by atoms with Gasteiger partial charge in [-0.1, -0.05) is 11.6 Å². The van der Waals surface area contributed by atoms with E-state index in [-0.39, 0.29) is 26.3 Å². The average Bonchev–Trinajstić information content (AvgIpc) is 2.26. The fourth-order valence-corrected chi connectivity index (χ4v) is 1.77. The Hall–Kier alpha value is -1.01. The van der Waals surface area contributed by atoms with Crippen LogP contribution in [0.3, 0.4) is 0 Å². The minimum Gasteiger partial charge on any atom is -0.480 e. The second-order valence-corrected chi connectivity index (χ2v) is 4.08. The number of methoxy groups -OCH3 is 1. The van der Waals surface area contributed by atoms with Crippen LogP contribution in [0.25, 0.3) is 10.9 Å². The van der Waals surface area contributed by atoms with Crippen molar-refractivity contribution in [1.29, 1.82) is 0 Å². The number of fused-ring (bicyclic) bond motifs is 1. The number of hydrogen-bond donors (Lipinski definition) is 0. The molecule has 0 saturated carbocycles. The first kappa shape index (κ1) is 11.5. The fraction of sp³-hybridized carbons (Fsp3) is 0.111. The maximum Gasteiger partial charge on any atom is 0.312 e. The van der Waals surface area contributed by atoms with Crippen LogP contribution in [0.5, 0.6) is 5.88 Å². The van der Waals surface area contributed by atoms with Crippen molar-refractivity contribution in [1.82, 2.24) is 9.97 Å². The van der Waals surface area contributed by atoms with E-state index in [0.717, 1.165) is 0 Å². The van der Waals surface area contributed by atoms with Gasteiger partial charge >= 0.3 is 6.08 Å². The predicted octanol–water partition coefficient (Wildman–Crippen LogP) is 3.33. The minimum absolute atomic E-state index is 0.0295. The molecular weight excluding hydrogens is 305 g/mol. The van der Waals surface area contributed by atoms with E-state index in [1.165, 1.54) is 13.2 Å². The summed E-state index contributed by atoms with van der Waals surface area (Å²) in [5.41, 5.74) is -0.180. The van der Waals surface area contributed by atoms with Gasteiger partial charge in [-0.05, 0) is 22.0 Å². The monoisotopic (exact) mass is 308 g/mol. The van der Waals surface area contributed by atoms with E-state index >= 15 is 0 Å². The first-order valence-corrected chi connectivity index (χ1v) is 5.26. The van der Waals surface area contributed by atoms with Crippen LogP contribution in [0.2, 0.25) is 5.02 Å². The van der Waals surface area contributed by atoms with Gasteiger partial charge in [0, 0.05) is 0 Å². The third-order valence-corrected chi connectivity index (χ3v) is 3.26. The zero-order valence-corrected chi connectivity index (χ0v) is 10.2. The van der Waals surface area contributed by atoms with Crippen LogP contribution in [0.15, 0.2) is 10.5 Å². The molecule has 0 bridgehead atoms. The second-order valence-electron chi connectivity index (χ2n) is 2.88. The van der Waals surface area contributed by atoms with Crippen LogP contribution in [-0.4, -0.2) is 17.1 Å². The lowest BCUT2D eigenvalue weighted by molar-refractivity contribution is 0.388. The SMILES string of the molecule is COc1nc(F)nc2c(F)c(Br)c(Cl)cc12. The Balaban J connectivity index is 2.94. The Bertz CT molecular complexity index is 579. The van der Waals surface area contributed by atoms with Crippen LogP contribution in [0, 0.1) is 11.9 Å². The van der Waals surface area contributed by atoms with Crippen molar-refractivity contribution in [3.05, 3.63) is 27.5 Å². The van der Waals surface area contributed by atoms with Crippen molar-refractivity contribution in [2.75, 3.05) is 7.11 Å². The molecule has 0 amide bonds. The van der Waals surface area contributed by atoms with Crippen molar-refractivity contribution in [2.45, 2.75) is 0 Å². The van der Waals surface area contributed by atoms with Crippen LogP contribution < -0.4 is 4.74 Å². The van der Waals surface area contributed by atoms with Gasteiger partial charge in [-0.2, -0.15) is 14.4 Å². The molecule has 0 spiro atoms. The topological polar surface area (TPSA) is 35.0 Å². The summed E-state index contributed by atoms with van der Waals surface area (Å²) in [7, 11) is 1.30. The van der Waals surface area contributed by atoms with Gasteiger partial charge in [-0.25, -0.2) is 4.39 Å². The Morgan fingerprint density at radius 2 is 2.06 bits per heavy atom. The first-order valence-electron chi connectivity index (χ1n) is 4.09. The van der Waals surface area contributed by atoms with Crippen molar-refractivity contribution in [3.8, 4) is 5.88 Å². The molecule has 84 valence electrons. The zero-order chi connectivity index (χ0) is 11.9. The highest BCUT2D eigenvalue weighted by atomic mass is 79.9. The van der Waals surface area contributed by atoms with Crippen molar-refractivity contribution < 1.29 is 13.5 Å². The van der Waals surface area contributed by atoms with Crippen LogP contribution in [-0.2, 0) is 0 Å². The quantitative estimate of drug-likeness (QED) is 0.599. The molecular formula is C9H4BrClF2N2O. The number of aromatic nitrogens is 2. The smallest absolute Gasteiger partial charge is 0.312 e. The maximum atomic E-state index is 13.7. The standard InChI is InChI=1S/C9H4BrClF2N2O/c1-16-8-3-2-4(11)5(10)6(12)7(3)14-9(13)15-8/h2H,1H3. The highest BCUT2D eigenvalue weighted by molar-refractivity contribution is 9.10. The van der Waals surface area contributed by atoms with Crippen molar-refractivity contribution >= 4 is 38.4 Å². The number of rotatable bonds is 1. The Morgan fingerprint density at radius 3 is 2.69 bits per heavy atom. The normalized spacial score (nSPS) is 10.8. The van der Waals surface area contributed by atoms with Gasteiger partial charge in [0.05, 0.1) is 22.0 Å². The van der Waals surface area contributed by atoms with Crippen molar-refractivity contribution in [2.24, 2.45) is 0 Å². The lowest BCUT2D eigenvalue weighted by Gasteiger charge is -2.06. The summed E-state index contributed by atoms with van der Waals surface area (Å²) in [6, 6.07) is 1.41. The molecule has 0 aliphatic heterocycles. The molecule has 0 saturated heterocycles. The lowest BCUT2D eigenvalue weighted by atomic mass is 10.2. The first-order chi connectivity index (χ1) is 7.54. The van der Waals surface area contributed by atoms with Gasteiger partial charge in [0.2, 0.25) is 5.88 Å². The molecule has 1 aromatic carbocycles. The summed E-state index contributed by atoms with van der Waals surface area (Å²) in [6.45, 7) is 0. The highest BCUT2D eigenvalue weighted by Crippen LogP contribution is 2.34. The van der Waals surface area contributed by atoms with E-state index in [9.17, 15) is 8.78 Å². The molecule has 0 aliphatic carbocycles. The maximum absolute atomic E-state index is 13.7. The molecule has 16 heavy (non-hydrogen) atoms. The number of nitrogens with zero attached hydrogens (tertiary/aromatic N) is 2. The third kappa shape index (κ3) is 1.72. The summed E-state index contributed by atoms with van der Waals surface area (Å²) in [6.07, 6.45) is -1.06. The van der Waals surface area contributed by atoms with E-state index in [2.05, 4.69) is 25.9 Å². The number of ether oxygens (including phenoxy) is 1. The second kappa shape index (κ2) is 4.10. The minimum atomic E-state index is -1.06. The van der Waals surface area contributed by atoms with Gasteiger partial charge in [0.15, 0.2) is 5.82 Å². The van der Waals surface area contributed by atoms with E-state index in [1.807, 2.05) is 0 Å². The number of benzene rings is 1. The molecule has 1 heterocycles. The van der Waals surface area contributed by atoms with E-state index in [4.69, 9.17) is 16.3 Å². The van der Waals surface area contributed by atoms with Crippen LogP contribution >= 0.6 is 27.5 Å². The summed E-state index contributed by atoms with van der Waals surface area (Å²) in [5.74, 6) is -0.807. The lowest BCUT2D eigenvalue weighted by Crippen LogP contribution is -1.98. The molecule has 2 rings (SSSR count). The van der Waals surface area contributed by atoms with E-state index in [0.29, 0.717) is 0 Å². The molecule has 0 aliphatic rings. The Kier molecular flexibility index (Phi) is 2.94. The predicted molar refractivity (Wildman–Crippen MR) is 58.7 cm³/mol. The summed E-state index contributed by atoms with van der Waals surface area (Å²) < 4.78 is 31.5. The van der Waals surface area contributed by atoms with E-state index in [1.54, 1.807) is 0 Å².